The molecular weight excluding hydrogens is 416 g/mol. The first-order chi connectivity index (χ1) is 15.9. The zero-order valence-corrected chi connectivity index (χ0v) is 19.1. The van der Waals surface area contributed by atoms with E-state index in [-0.39, 0.29) is 22.9 Å². The lowest BCUT2D eigenvalue weighted by atomic mass is 10.1. The van der Waals surface area contributed by atoms with Crippen LogP contribution in [0.15, 0.2) is 46.9 Å². The Morgan fingerprint density at radius 3 is 2.55 bits per heavy atom. The third kappa shape index (κ3) is 4.37. The number of piperidine rings is 1. The number of carbonyl (C=O) groups is 1. The van der Waals surface area contributed by atoms with Crippen LogP contribution >= 0.6 is 0 Å². The van der Waals surface area contributed by atoms with E-state index in [1.165, 1.54) is 10.5 Å². The highest BCUT2D eigenvalue weighted by Gasteiger charge is 2.23. The zero-order valence-electron chi connectivity index (χ0n) is 19.1. The Hall–Kier alpha value is -3.92. The Morgan fingerprint density at radius 2 is 1.82 bits per heavy atom. The number of benzene rings is 1. The summed E-state index contributed by atoms with van der Waals surface area (Å²) in [7, 11) is 0. The van der Waals surface area contributed by atoms with Crippen molar-refractivity contribution in [3.63, 3.8) is 0 Å². The van der Waals surface area contributed by atoms with Crippen LogP contribution in [-0.2, 0) is 4.79 Å². The zero-order chi connectivity index (χ0) is 23.5. The fourth-order valence-electron chi connectivity index (χ4n) is 3.99. The molecule has 4 rings (SSSR count). The molecule has 1 aliphatic rings. The number of nitriles is 1. The third-order valence-electron chi connectivity index (χ3n) is 6.09. The minimum Gasteiger partial charge on any atom is -0.438 e. The molecule has 1 aliphatic heterocycles. The normalized spacial score (nSPS) is 14.2. The largest absolute Gasteiger partial charge is 0.438 e. The van der Waals surface area contributed by atoms with Crippen LogP contribution in [0.2, 0.25) is 0 Å². The van der Waals surface area contributed by atoms with Crippen molar-refractivity contribution < 1.29 is 9.53 Å². The molecule has 0 aliphatic carbocycles. The molecule has 33 heavy (non-hydrogen) atoms. The van der Waals surface area contributed by atoms with Crippen molar-refractivity contribution in [2.45, 2.75) is 40.0 Å². The van der Waals surface area contributed by atoms with Crippen molar-refractivity contribution in [2.24, 2.45) is 0 Å². The summed E-state index contributed by atoms with van der Waals surface area (Å²) in [6.07, 6.45) is 5.82. The van der Waals surface area contributed by atoms with Gasteiger partial charge in [0.05, 0.1) is 0 Å². The van der Waals surface area contributed by atoms with E-state index in [2.05, 4.69) is 4.98 Å². The molecule has 0 saturated carbocycles. The lowest BCUT2D eigenvalue weighted by molar-refractivity contribution is -0.127. The number of aryl methyl sites for hydroxylation is 2. The topological polar surface area (TPSA) is 87.7 Å². The number of carbonyl (C=O) groups excluding carboxylic acids is 1. The number of pyridine rings is 1. The van der Waals surface area contributed by atoms with Crippen molar-refractivity contribution in [2.75, 3.05) is 13.1 Å². The minimum absolute atomic E-state index is 0.0703. The smallest absolute Gasteiger partial charge is 0.269 e. The summed E-state index contributed by atoms with van der Waals surface area (Å²) in [5.41, 5.74) is 2.79. The van der Waals surface area contributed by atoms with Crippen LogP contribution in [0.1, 0.15) is 41.5 Å². The van der Waals surface area contributed by atoms with E-state index in [1.54, 1.807) is 23.2 Å². The Morgan fingerprint density at radius 1 is 1.09 bits per heavy atom. The lowest BCUT2D eigenvalue weighted by Crippen LogP contribution is -2.36. The van der Waals surface area contributed by atoms with Crippen LogP contribution in [0.5, 0.6) is 11.6 Å². The van der Waals surface area contributed by atoms with Gasteiger partial charge in [0.1, 0.15) is 28.6 Å². The molecule has 1 amide bonds. The summed E-state index contributed by atoms with van der Waals surface area (Å²) in [6.45, 7) is 6.98. The summed E-state index contributed by atoms with van der Waals surface area (Å²) < 4.78 is 7.55. The maximum atomic E-state index is 13.5. The molecule has 3 heterocycles. The number of fused-ring (bicyclic) bond motifs is 1. The van der Waals surface area contributed by atoms with E-state index in [4.69, 9.17) is 4.74 Å². The first-order valence-electron chi connectivity index (χ1n) is 11.1. The SMILES string of the molecule is Cc1cccc(Oc2nc3c(C)cccn3c(=O)c2C=C(C#N)C(=O)N2CCCCC2)c1C. The van der Waals surface area contributed by atoms with Crippen LogP contribution in [0.4, 0.5) is 0 Å². The van der Waals surface area contributed by atoms with Gasteiger partial charge in [-0.05, 0) is 74.9 Å². The molecule has 1 aromatic carbocycles. The average molecular weight is 443 g/mol. The highest BCUT2D eigenvalue weighted by Crippen LogP contribution is 2.29. The fourth-order valence-corrected chi connectivity index (χ4v) is 3.99. The number of amides is 1. The molecule has 0 N–H and O–H groups in total. The number of hydrogen-bond donors (Lipinski definition) is 0. The first kappa shape index (κ1) is 22.3. The molecule has 0 unspecified atom stereocenters. The predicted octanol–water partition coefficient (Wildman–Crippen LogP) is 4.33. The fraction of sp³-hybridized carbons (Fsp3) is 0.308. The quantitative estimate of drug-likeness (QED) is 0.443. The van der Waals surface area contributed by atoms with E-state index < -0.39 is 5.56 Å². The minimum atomic E-state index is -0.400. The summed E-state index contributed by atoms with van der Waals surface area (Å²) in [5, 5.41) is 9.76. The van der Waals surface area contributed by atoms with Gasteiger partial charge in [-0.1, -0.05) is 18.2 Å². The van der Waals surface area contributed by atoms with Crippen molar-refractivity contribution >= 4 is 17.6 Å². The van der Waals surface area contributed by atoms with E-state index in [9.17, 15) is 14.9 Å². The van der Waals surface area contributed by atoms with Gasteiger partial charge < -0.3 is 9.64 Å². The lowest BCUT2D eigenvalue weighted by Gasteiger charge is -2.26. The number of likely N-dealkylation sites (tertiary alicyclic amines) is 1. The third-order valence-corrected chi connectivity index (χ3v) is 6.09. The van der Waals surface area contributed by atoms with Gasteiger partial charge in [-0.3, -0.25) is 14.0 Å². The Kier molecular flexibility index (Phi) is 6.27. The van der Waals surface area contributed by atoms with Gasteiger partial charge >= 0.3 is 0 Å². The molecule has 168 valence electrons. The van der Waals surface area contributed by atoms with E-state index in [1.807, 2.05) is 45.0 Å². The van der Waals surface area contributed by atoms with Gasteiger partial charge in [0.15, 0.2) is 0 Å². The molecule has 0 radical (unpaired) electrons. The Bertz CT molecular complexity index is 1360. The van der Waals surface area contributed by atoms with Crippen molar-refractivity contribution in [1.29, 1.82) is 5.26 Å². The van der Waals surface area contributed by atoms with Gasteiger partial charge in [0.25, 0.3) is 11.5 Å². The molecule has 7 heteroatoms. The second-order valence-electron chi connectivity index (χ2n) is 8.34. The Balaban J connectivity index is 1.89. The summed E-state index contributed by atoms with van der Waals surface area (Å²) in [4.78, 5) is 32.7. The van der Waals surface area contributed by atoms with Crippen LogP contribution in [0.25, 0.3) is 11.7 Å². The monoisotopic (exact) mass is 442 g/mol. The molecule has 3 aromatic rings. The van der Waals surface area contributed by atoms with E-state index >= 15 is 0 Å². The van der Waals surface area contributed by atoms with Gasteiger partial charge in [-0.2, -0.15) is 10.2 Å². The second-order valence-corrected chi connectivity index (χ2v) is 8.34. The number of hydrogen-bond acceptors (Lipinski definition) is 5. The molecule has 1 saturated heterocycles. The molecule has 1 fully saturated rings. The number of ether oxygens (including phenoxy) is 1. The highest BCUT2D eigenvalue weighted by atomic mass is 16.5. The van der Waals surface area contributed by atoms with Crippen molar-refractivity contribution in [3.05, 3.63) is 74.7 Å². The van der Waals surface area contributed by atoms with Gasteiger partial charge in [-0.25, -0.2) is 0 Å². The van der Waals surface area contributed by atoms with Crippen LogP contribution < -0.4 is 10.3 Å². The molecule has 7 nitrogen and oxygen atoms in total. The predicted molar refractivity (Wildman–Crippen MR) is 126 cm³/mol. The first-order valence-corrected chi connectivity index (χ1v) is 11.1. The van der Waals surface area contributed by atoms with Gasteiger partial charge in [-0.15, -0.1) is 0 Å². The van der Waals surface area contributed by atoms with Crippen molar-refractivity contribution in [1.82, 2.24) is 14.3 Å². The number of aromatic nitrogens is 2. The van der Waals surface area contributed by atoms with E-state index in [0.717, 1.165) is 36.0 Å². The molecule has 0 atom stereocenters. The Labute approximate surface area is 192 Å². The van der Waals surface area contributed by atoms with E-state index in [0.29, 0.717) is 24.5 Å². The molecule has 0 spiro atoms. The number of rotatable bonds is 4. The standard InChI is InChI=1S/C26H26N4O3/c1-17-9-7-11-22(19(17)3)33-24-21(26(32)30-14-8-10-18(2)23(30)28-24)15-20(16-27)25(31)29-12-5-4-6-13-29/h7-11,14-15H,4-6,12-13H2,1-3H3. The summed E-state index contributed by atoms with van der Waals surface area (Å²) in [5.74, 6) is 0.265. The average Bonchev–Trinajstić information content (AvgIpc) is 2.83. The van der Waals surface area contributed by atoms with Gasteiger partial charge in [0.2, 0.25) is 5.88 Å². The maximum Gasteiger partial charge on any atom is 0.269 e. The highest BCUT2D eigenvalue weighted by molar-refractivity contribution is 6.02. The molecular formula is C26H26N4O3. The maximum absolute atomic E-state index is 13.5. The van der Waals surface area contributed by atoms with Crippen LogP contribution in [0, 0.1) is 32.1 Å². The second kappa shape index (κ2) is 9.29. The summed E-state index contributed by atoms with van der Waals surface area (Å²) >= 11 is 0. The summed E-state index contributed by atoms with van der Waals surface area (Å²) in [6, 6.07) is 11.3. The van der Waals surface area contributed by atoms with Crippen LogP contribution in [-0.4, -0.2) is 33.3 Å². The molecule has 2 aromatic heterocycles. The van der Waals surface area contributed by atoms with Crippen LogP contribution in [0.3, 0.4) is 0 Å². The number of nitrogens with zero attached hydrogens (tertiary/aromatic N) is 4. The molecule has 0 bridgehead atoms. The van der Waals surface area contributed by atoms with Gasteiger partial charge in [0, 0.05) is 19.3 Å². The van der Waals surface area contributed by atoms with Crippen molar-refractivity contribution in [3.8, 4) is 17.7 Å².